The number of benzene rings is 1. The Morgan fingerprint density at radius 3 is 2.50 bits per heavy atom. The zero-order valence-corrected chi connectivity index (χ0v) is 12.8. The number of nitrogens with zero attached hydrogens (tertiary/aromatic N) is 2. The molecule has 6 nitrogen and oxygen atoms in total. The molecule has 1 aromatic heterocycles. The van der Waals surface area contributed by atoms with Crippen LogP contribution < -0.4 is 5.32 Å². The molecule has 1 N–H and O–H groups in total. The lowest BCUT2D eigenvalue weighted by molar-refractivity contribution is -0.143. The Labute approximate surface area is 135 Å². The van der Waals surface area contributed by atoms with Crippen LogP contribution in [-0.4, -0.2) is 35.3 Å². The molecule has 0 aliphatic rings. The lowest BCUT2D eigenvalue weighted by Gasteiger charge is -2.14. The average molecular weight is 341 g/mol. The van der Waals surface area contributed by atoms with Crippen molar-refractivity contribution in [2.45, 2.75) is 13.1 Å². The summed E-state index contributed by atoms with van der Waals surface area (Å²) < 4.78 is 45.6. The lowest BCUT2D eigenvalue weighted by Crippen LogP contribution is -2.23. The summed E-state index contributed by atoms with van der Waals surface area (Å²) in [6.45, 7) is 1.41. The zero-order valence-electron chi connectivity index (χ0n) is 12.8. The van der Waals surface area contributed by atoms with Crippen molar-refractivity contribution < 1.29 is 27.5 Å². The molecule has 24 heavy (non-hydrogen) atoms. The second-order valence-corrected chi connectivity index (χ2v) is 4.63. The van der Waals surface area contributed by atoms with Crippen molar-refractivity contribution in [2.24, 2.45) is 0 Å². The van der Waals surface area contributed by atoms with Crippen LogP contribution in [0.25, 0.3) is 5.69 Å². The summed E-state index contributed by atoms with van der Waals surface area (Å²) in [4.78, 5) is 23.7. The number of hydrogen-bond donors (Lipinski definition) is 1. The van der Waals surface area contributed by atoms with Gasteiger partial charge < -0.3 is 10.1 Å². The van der Waals surface area contributed by atoms with Gasteiger partial charge in [0.1, 0.15) is 5.56 Å². The van der Waals surface area contributed by atoms with Gasteiger partial charge in [0, 0.05) is 7.05 Å². The standard InChI is InChI=1S/C15H14F3N3O3/c1-3-24-14(23)10-8-20-21(12(10)15(16,17)18)11-7-5-4-6-9(11)13(22)19-2/h4-8H,3H2,1-2H3,(H,19,22). The number of amides is 1. The van der Waals surface area contributed by atoms with E-state index in [0.717, 1.165) is 6.20 Å². The topological polar surface area (TPSA) is 73.2 Å². The van der Waals surface area contributed by atoms with Gasteiger partial charge in [-0.05, 0) is 19.1 Å². The average Bonchev–Trinajstić information content (AvgIpc) is 2.99. The van der Waals surface area contributed by atoms with Crippen molar-refractivity contribution in [1.29, 1.82) is 0 Å². The monoisotopic (exact) mass is 341 g/mol. The molecule has 0 aliphatic carbocycles. The third kappa shape index (κ3) is 3.24. The van der Waals surface area contributed by atoms with Crippen LogP contribution in [0.5, 0.6) is 0 Å². The number of alkyl halides is 3. The maximum atomic E-state index is 13.5. The molecule has 1 aromatic carbocycles. The highest BCUT2D eigenvalue weighted by Gasteiger charge is 2.41. The normalized spacial score (nSPS) is 11.2. The van der Waals surface area contributed by atoms with E-state index in [4.69, 9.17) is 0 Å². The number of hydrogen-bond acceptors (Lipinski definition) is 4. The first-order valence-corrected chi connectivity index (χ1v) is 6.95. The molecule has 0 bridgehead atoms. The fourth-order valence-electron chi connectivity index (χ4n) is 2.15. The number of nitrogens with one attached hydrogen (secondary N) is 1. The predicted octanol–water partition coefficient (Wildman–Crippen LogP) is 2.43. The third-order valence-corrected chi connectivity index (χ3v) is 3.14. The van der Waals surface area contributed by atoms with Gasteiger partial charge in [-0.1, -0.05) is 12.1 Å². The number of carbonyl (C=O) groups is 2. The fraction of sp³-hybridized carbons (Fsp3) is 0.267. The quantitative estimate of drug-likeness (QED) is 0.867. The molecule has 1 amide bonds. The van der Waals surface area contributed by atoms with E-state index >= 15 is 0 Å². The Morgan fingerprint density at radius 2 is 1.92 bits per heavy atom. The van der Waals surface area contributed by atoms with Gasteiger partial charge in [-0.15, -0.1) is 0 Å². The van der Waals surface area contributed by atoms with E-state index < -0.39 is 29.3 Å². The smallest absolute Gasteiger partial charge is 0.434 e. The maximum Gasteiger partial charge on any atom is 0.434 e. The molecule has 0 saturated carbocycles. The van der Waals surface area contributed by atoms with Crippen molar-refractivity contribution in [2.75, 3.05) is 13.7 Å². The van der Waals surface area contributed by atoms with E-state index in [1.807, 2.05) is 0 Å². The van der Waals surface area contributed by atoms with Gasteiger partial charge in [-0.2, -0.15) is 18.3 Å². The maximum absolute atomic E-state index is 13.5. The van der Waals surface area contributed by atoms with Gasteiger partial charge in [-0.25, -0.2) is 9.48 Å². The largest absolute Gasteiger partial charge is 0.462 e. The molecule has 0 aliphatic heterocycles. The Hall–Kier alpha value is -2.84. The zero-order chi connectivity index (χ0) is 17.9. The first-order valence-electron chi connectivity index (χ1n) is 6.95. The molecule has 2 aromatic rings. The van der Waals surface area contributed by atoms with Gasteiger partial charge >= 0.3 is 12.1 Å². The van der Waals surface area contributed by atoms with Crippen LogP contribution in [0.15, 0.2) is 30.5 Å². The molecule has 0 saturated heterocycles. The molecule has 1 heterocycles. The second kappa shape index (κ2) is 6.73. The molecule has 9 heteroatoms. The van der Waals surface area contributed by atoms with Crippen LogP contribution in [-0.2, 0) is 10.9 Å². The van der Waals surface area contributed by atoms with E-state index in [0.29, 0.717) is 4.68 Å². The number of para-hydroxylation sites is 1. The Kier molecular flexibility index (Phi) is 4.91. The third-order valence-electron chi connectivity index (χ3n) is 3.14. The molecule has 0 unspecified atom stereocenters. The van der Waals surface area contributed by atoms with Crippen molar-refractivity contribution in [3.8, 4) is 5.69 Å². The summed E-state index contributed by atoms with van der Waals surface area (Å²) in [6, 6.07) is 5.65. The number of carbonyl (C=O) groups excluding carboxylic acids is 2. The number of aromatic nitrogens is 2. The summed E-state index contributed by atoms with van der Waals surface area (Å²) >= 11 is 0. The molecular weight excluding hydrogens is 327 g/mol. The van der Waals surface area contributed by atoms with Crippen molar-refractivity contribution in [3.05, 3.63) is 47.3 Å². The molecule has 128 valence electrons. The van der Waals surface area contributed by atoms with Gasteiger partial charge in [0.2, 0.25) is 0 Å². The van der Waals surface area contributed by atoms with E-state index in [9.17, 15) is 22.8 Å². The molecule has 0 fully saturated rings. The molecule has 0 atom stereocenters. The van der Waals surface area contributed by atoms with Crippen molar-refractivity contribution in [3.63, 3.8) is 0 Å². The summed E-state index contributed by atoms with van der Waals surface area (Å²) in [5.74, 6) is -1.71. The molecule has 2 rings (SSSR count). The van der Waals surface area contributed by atoms with Gasteiger partial charge in [-0.3, -0.25) is 4.79 Å². The van der Waals surface area contributed by atoms with Crippen LogP contribution in [0.1, 0.15) is 33.3 Å². The number of rotatable bonds is 4. The van der Waals surface area contributed by atoms with E-state index in [2.05, 4.69) is 15.2 Å². The van der Waals surface area contributed by atoms with Gasteiger partial charge in [0.05, 0.1) is 24.1 Å². The van der Waals surface area contributed by atoms with Crippen molar-refractivity contribution in [1.82, 2.24) is 15.1 Å². The minimum absolute atomic E-state index is 0.0102. The van der Waals surface area contributed by atoms with E-state index in [1.54, 1.807) is 0 Å². The van der Waals surface area contributed by atoms with Crippen LogP contribution >= 0.6 is 0 Å². The Balaban J connectivity index is 2.69. The number of esters is 1. The minimum atomic E-state index is -4.87. The minimum Gasteiger partial charge on any atom is -0.462 e. The summed E-state index contributed by atoms with van der Waals surface area (Å²) in [5, 5.41) is 6.00. The molecular formula is C15H14F3N3O3. The van der Waals surface area contributed by atoms with Crippen LogP contribution in [0, 0.1) is 0 Å². The predicted molar refractivity (Wildman–Crippen MR) is 77.9 cm³/mol. The highest BCUT2D eigenvalue weighted by Crippen LogP contribution is 2.34. The van der Waals surface area contributed by atoms with Crippen LogP contribution in [0.2, 0.25) is 0 Å². The SMILES string of the molecule is CCOC(=O)c1cnn(-c2ccccc2C(=O)NC)c1C(F)(F)F. The van der Waals surface area contributed by atoms with Gasteiger partial charge in [0.15, 0.2) is 5.69 Å². The van der Waals surface area contributed by atoms with Gasteiger partial charge in [0.25, 0.3) is 5.91 Å². The number of halogens is 3. The first kappa shape index (κ1) is 17.5. The van der Waals surface area contributed by atoms with E-state index in [-0.39, 0.29) is 17.9 Å². The lowest BCUT2D eigenvalue weighted by atomic mass is 10.1. The fourth-order valence-corrected chi connectivity index (χ4v) is 2.15. The summed E-state index contributed by atoms with van der Waals surface area (Å²) in [6.07, 6.45) is -4.09. The summed E-state index contributed by atoms with van der Waals surface area (Å²) in [7, 11) is 1.36. The number of ether oxygens (including phenoxy) is 1. The Bertz CT molecular complexity index is 769. The van der Waals surface area contributed by atoms with Crippen LogP contribution in [0.4, 0.5) is 13.2 Å². The summed E-state index contributed by atoms with van der Waals surface area (Å²) in [5.41, 5.74) is -2.11. The highest BCUT2D eigenvalue weighted by molar-refractivity contribution is 5.98. The van der Waals surface area contributed by atoms with Crippen molar-refractivity contribution >= 4 is 11.9 Å². The molecule has 0 radical (unpaired) electrons. The van der Waals surface area contributed by atoms with Crippen LogP contribution in [0.3, 0.4) is 0 Å². The Morgan fingerprint density at radius 1 is 1.25 bits per heavy atom. The first-order chi connectivity index (χ1) is 11.3. The van der Waals surface area contributed by atoms with E-state index in [1.165, 1.54) is 38.2 Å². The second-order valence-electron chi connectivity index (χ2n) is 4.63. The molecule has 0 spiro atoms. The highest BCUT2D eigenvalue weighted by atomic mass is 19.4.